The molecule has 1 aliphatic heterocycles. The summed E-state index contributed by atoms with van der Waals surface area (Å²) >= 11 is 5.89. The largest absolute Gasteiger partial charge is 0.489 e. The number of halogens is 2. The molecule has 0 aliphatic carbocycles. The molecule has 7 nitrogen and oxygen atoms in total. The van der Waals surface area contributed by atoms with Gasteiger partial charge in [-0.3, -0.25) is 9.69 Å². The number of carbonyl (C=O) groups excluding carboxylic acids is 1. The first-order valence-corrected chi connectivity index (χ1v) is 9.81. The van der Waals surface area contributed by atoms with Crippen LogP contribution in [0.25, 0.3) is 0 Å². The van der Waals surface area contributed by atoms with Gasteiger partial charge in [-0.25, -0.2) is 4.99 Å². The lowest BCUT2D eigenvalue weighted by Gasteiger charge is -2.32. The van der Waals surface area contributed by atoms with E-state index in [9.17, 15) is 4.79 Å². The average Bonchev–Trinajstić information content (AvgIpc) is 2.63. The molecule has 1 aromatic carbocycles. The van der Waals surface area contributed by atoms with E-state index in [0.29, 0.717) is 24.2 Å². The lowest BCUT2D eigenvalue weighted by molar-refractivity contribution is -0.119. The van der Waals surface area contributed by atoms with Crippen molar-refractivity contribution in [1.29, 1.82) is 0 Å². The van der Waals surface area contributed by atoms with Crippen LogP contribution in [0.15, 0.2) is 29.3 Å². The van der Waals surface area contributed by atoms with E-state index in [1.807, 2.05) is 38.1 Å². The number of piperidine rings is 1. The molecule has 0 saturated carbocycles. The summed E-state index contributed by atoms with van der Waals surface area (Å²) in [6.45, 7) is 7.41. The molecule has 1 amide bonds. The molecular weight excluding hydrogens is 493 g/mol. The molecule has 0 aromatic heterocycles. The van der Waals surface area contributed by atoms with Crippen LogP contribution in [-0.2, 0) is 4.79 Å². The minimum absolute atomic E-state index is 0. The van der Waals surface area contributed by atoms with Crippen molar-refractivity contribution in [2.75, 3.05) is 32.7 Å². The van der Waals surface area contributed by atoms with E-state index < -0.39 is 0 Å². The predicted octanol–water partition coefficient (Wildman–Crippen LogP) is 2.23. The number of aliphatic imine (C=N–C) groups is 1. The minimum atomic E-state index is -0.272. The molecule has 28 heavy (non-hydrogen) atoms. The Labute approximate surface area is 189 Å². The first-order chi connectivity index (χ1) is 13.0. The Kier molecular flexibility index (Phi) is 11.6. The van der Waals surface area contributed by atoms with Gasteiger partial charge < -0.3 is 21.1 Å². The zero-order valence-corrected chi connectivity index (χ0v) is 19.6. The van der Waals surface area contributed by atoms with E-state index in [2.05, 4.69) is 20.5 Å². The number of amides is 1. The zero-order valence-electron chi connectivity index (χ0n) is 16.5. The van der Waals surface area contributed by atoms with Gasteiger partial charge in [-0.05, 0) is 51.0 Å². The van der Waals surface area contributed by atoms with Crippen molar-refractivity contribution in [3.8, 4) is 5.75 Å². The number of nitrogens with one attached hydrogen (secondary N) is 2. The molecule has 0 spiro atoms. The third-order valence-electron chi connectivity index (χ3n) is 4.31. The number of hydrogen-bond donors (Lipinski definition) is 3. The maximum absolute atomic E-state index is 11.0. The molecule has 1 saturated heterocycles. The van der Waals surface area contributed by atoms with Gasteiger partial charge in [0.1, 0.15) is 11.9 Å². The Hall–Kier alpha value is -1.26. The van der Waals surface area contributed by atoms with Crippen LogP contribution < -0.4 is 21.1 Å². The molecule has 1 aliphatic rings. The van der Waals surface area contributed by atoms with Crippen LogP contribution in [-0.4, -0.2) is 61.6 Å². The average molecular weight is 524 g/mol. The summed E-state index contributed by atoms with van der Waals surface area (Å²) in [5.74, 6) is 1.30. The van der Waals surface area contributed by atoms with E-state index in [-0.39, 0.29) is 36.0 Å². The Morgan fingerprint density at radius 2 is 2.00 bits per heavy atom. The van der Waals surface area contributed by atoms with Crippen molar-refractivity contribution in [3.05, 3.63) is 29.3 Å². The van der Waals surface area contributed by atoms with Gasteiger partial charge in [0.15, 0.2) is 5.96 Å². The first kappa shape index (κ1) is 24.8. The highest BCUT2D eigenvalue weighted by atomic mass is 127. The topological polar surface area (TPSA) is 92.0 Å². The van der Waals surface area contributed by atoms with E-state index in [4.69, 9.17) is 22.1 Å². The molecule has 2 rings (SSSR count). The van der Waals surface area contributed by atoms with E-state index >= 15 is 0 Å². The molecular formula is C19H31ClIN5O2. The van der Waals surface area contributed by atoms with Crippen molar-refractivity contribution < 1.29 is 9.53 Å². The molecule has 1 atom stereocenters. The van der Waals surface area contributed by atoms with Gasteiger partial charge in [0.05, 0.1) is 13.1 Å². The normalized spacial score (nSPS) is 16.8. The summed E-state index contributed by atoms with van der Waals surface area (Å²) in [4.78, 5) is 17.8. The highest BCUT2D eigenvalue weighted by molar-refractivity contribution is 14.0. The number of ether oxygens (including phenoxy) is 1. The van der Waals surface area contributed by atoms with Gasteiger partial charge in [-0.1, -0.05) is 11.6 Å². The zero-order chi connectivity index (χ0) is 19.6. The van der Waals surface area contributed by atoms with Gasteiger partial charge in [0.25, 0.3) is 0 Å². The second-order valence-corrected chi connectivity index (χ2v) is 7.20. The number of carbonyl (C=O) groups is 1. The predicted molar refractivity (Wildman–Crippen MR) is 125 cm³/mol. The van der Waals surface area contributed by atoms with Crippen molar-refractivity contribution in [2.45, 2.75) is 38.8 Å². The van der Waals surface area contributed by atoms with Gasteiger partial charge in [-0.15, -0.1) is 24.0 Å². The Morgan fingerprint density at radius 3 is 2.57 bits per heavy atom. The summed E-state index contributed by atoms with van der Waals surface area (Å²) in [6, 6.07) is 7.66. The van der Waals surface area contributed by atoms with E-state index in [0.717, 1.165) is 44.2 Å². The number of likely N-dealkylation sites (tertiary alicyclic amines) is 1. The van der Waals surface area contributed by atoms with Crippen LogP contribution in [0.4, 0.5) is 0 Å². The molecule has 1 heterocycles. The molecule has 4 N–H and O–H groups in total. The van der Waals surface area contributed by atoms with Gasteiger partial charge in [-0.2, -0.15) is 0 Å². The lowest BCUT2D eigenvalue weighted by atomic mass is 10.1. The SMILES string of the molecule is CCNC(=NCC(C)Oc1ccc(Cl)cc1)NC1CCN(CC(N)=O)CC1.I. The fourth-order valence-electron chi connectivity index (χ4n) is 2.97. The van der Waals surface area contributed by atoms with Crippen LogP contribution in [0, 0.1) is 0 Å². The van der Waals surface area contributed by atoms with Crippen LogP contribution >= 0.6 is 35.6 Å². The summed E-state index contributed by atoms with van der Waals surface area (Å²) in [7, 11) is 0. The number of hydrogen-bond acceptors (Lipinski definition) is 4. The van der Waals surface area contributed by atoms with Gasteiger partial charge in [0, 0.05) is 30.7 Å². The molecule has 9 heteroatoms. The smallest absolute Gasteiger partial charge is 0.231 e. The van der Waals surface area contributed by atoms with Crippen LogP contribution in [0.1, 0.15) is 26.7 Å². The number of guanidine groups is 1. The Balaban J connectivity index is 0.00000392. The maximum atomic E-state index is 11.0. The number of nitrogens with two attached hydrogens (primary N) is 1. The van der Waals surface area contributed by atoms with Gasteiger partial charge in [0.2, 0.25) is 5.91 Å². The van der Waals surface area contributed by atoms with Crippen molar-refractivity contribution in [2.24, 2.45) is 10.7 Å². The third kappa shape index (κ3) is 9.29. The Morgan fingerprint density at radius 1 is 1.36 bits per heavy atom. The highest BCUT2D eigenvalue weighted by Gasteiger charge is 2.20. The number of nitrogens with zero attached hydrogens (tertiary/aromatic N) is 2. The fraction of sp³-hybridized carbons (Fsp3) is 0.579. The van der Waals surface area contributed by atoms with Crippen molar-refractivity contribution in [3.63, 3.8) is 0 Å². The summed E-state index contributed by atoms with van der Waals surface area (Å²) in [6.07, 6.45) is 1.85. The quantitative estimate of drug-likeness (QED) is 0.276. The minimum Gasteiger partial charge on any atom is -0.489 e. The molecule has 1 aromatic rings. The van der Waals surface area contributed by atoms with Crippen molar-refractivity contribution in [1.82, 2.24) is 15.5 Å². The number of benzene rings is 1. The van der Waals surface area contributed by atoms with Crippen LogP contribution in [0.2, 0.25) is 5.02 Å². The van der Waals surface area contributed by atoms with E-state index in [1.165, 1.54) is 0 Å². The monoisotopic (exact) mass is 523 g/mol. The van der Waals surface area contributed by atoms with Crippen LogP contribution in [0.3, 0.4) is 0 Å². The summed E-state index contributed by atoms with van der Waals surface area (Å²) in [5.41, 5.74) is 5.26. The molecule has 1 unspecified atom stereocenters. The van der Waals surface area contributed by atoms with Gasteiger partial charge >= 0.3 is 0 Å². The van der Waals surface area contributed by atoms with Crippen LogP contribution in [0.5, 0.6) is 5.75 Å². The molecule has 0 bridgehead atoms. The maximum Gasteiger partial charge on any atom is 0.231 e. The molecule has 158 valence electrons. The summed E-state index contributed by atoms with van der Waals surface area (Å²) < 4.78 is 5.87. The molecule has 0 radical (unpaired) electrons. The Bertz CT molecular complexity index is 621. The highest BCUT2D eigenvalue weighted by Crippen LogP contribution is 2.16. The van der Waals surface area contributed by atoms with E-state index in [1.54, 1.807) is 0 Å². The molecule has 1 fully saturated rings. The standard InChI is InChI=1S/C19H30ClN5O2.HI/c1-3-22-19(24-16-8-10-25(11-9-16)13-18(21)26)23-12-14(2)27-17-6-4-15(20)5-7-17;/h4-7,14,16H,3,8-13H2,1-2H3,(H2,21,26)(H2,22,23,24);1H. The summed E-state index contributed by atoms with van der Waals surface area (Å²) in [5, 5.41) is 7.45. The third-order valence-corrected chi connectivity index (χ3v) is 4.56. The fourth-order valence-corrected chi connectivity index (χ4v) is 3.10. The first-order valence-electron chi connectivity index (χ1n) is 9.44. The lowest BCUT2D eigenvalue weighted by Crippen LogP contribution is -2.50. The number of primary amides is 1. The number of rotatable bonds is 8. The second-order valence-electron chi connectivity index (χ2n) is 6.76. The van der Waals surface area contributed by atoms with Crippen molar-refractivity contribution >= 4 is 47.4 Å². The second kappa shape index (κ2) is 13.1.